The van der Waals surface area contributed by atoms with Crippen molar-refractivity contribution in [3.8, 4) is 0 Å². The van der Waals surface area contributed by atoms with Crippen LogP contribution in [-0.4, -0.2) is 33.9 Å². The maximum absolute atomic E-state index is 11.7. The van der Waals surface area contributed by atoms with Gasteiger partial charge in [0.15, 0.2) is 0 Å². The first-order valence-electron chi connectivity index (χ1n) is 5.67. The molecule has 5 nitrogen and oxygen atoms in total. The molecule has 5 heteroatoms. The zero-order chi connectivity index (χ0) is 12.0. The molecule has 1 rings (SSSR count). The molecule has 1 unspecified atom stereocenters. The number of H-pyrrole nitrogens is 1. The summed E-state index contributed by atoms with van der Waals surface area (Å²) in [5.41, 5.74) is 1.35. The highest BCUT2D eigenvalue weighted by molar-refractivity contribution is 5.92. The van der Waals surface area contributed by atoms with Crippen LogP contribution in [0.1, 0.15) is 42.9 Å². The number of aliphatic hydroxyl groups excluding tert-OH is 1. The lowest BCUT2D eigenvalue weighted by Crippen LogP contribution is -2.37. The van der Waals surface area contributed by atoms with E-state index in [1.54, 1.807) is 6.07 Å². The molecule has 3 N–H and O–H groups in total. The van der Waals surface area contributed by atoms with E-state index in [1.165, 1.54) is 0 Å². The van der Waals surface area contributed by atoms with E-state index in [0.29, 0.717) is 12.1 Å². The van der Waals surface area contributed by atoms with Gasteiger partial charge in [-0.25, -0.2) is 0 Å². The predicted molar refractivity (Wildman–Crippen MR) is 61.2 cm³/mol. The van der Waals surface area contributed by atoms with E-state index in [2.05, 4.69) is 22.4 Å². The third kappa shape index (κ3) is 3.34. The quantitative estimate of drug-likeness (QED) is 0.672. The third-order valence-electron chi connectivity index (χ3n) is 2.43. The molecule has 0 aliphatic rings. The number of rotatable bonds is 6. The molecule has 1 aromatic heterocycles. The Kier molecular flexibility index (Phi) is 4.98. The molecule has 0 radical (unpaired) electrons. The second kappa shape index (κ2) is 6.27. The highest BCUT2D eigenvalue weighted by Gasteiger charge is 2.13. The van der Waals surface area contributed by atoms with Crippen molar-refractivity contribution in [3.63, 3.8) is 0 Å². The normalized spacial score (nSPS) is 12.4. The van der Waals surface area contributed by atoms with Crippen molar-refractivity contribution in [1.29, 1.82) is 0 Å². The van der Waals surface area contributed by atoms with Gasteiger partial charge in [0.2, 0.25) is 0 Å². The molecule has 0 bridgehead atoms. The molecule has 0 aliphatic heterocycles. The minimum absolute atomic E-state index is 0.0471. The van der Waals surface area contributed by atoms with Crippen molar-refractivity contribution in [2.45, 2.75) is 39.2 Å². The largest absolute Gasteiger partial charge is 0.394 e. The Labute approximate surface area is 95.3 Å². The van der Waals surface area contributed by atoms with E-state index in [9.17, 15) is 4.79 Å². The summed E-state index contributed by atoms with van der Waals surface area (Å²) in [5, 5.41) is 18.4. The predicted octanol–water partition coefficient (Wildman–Crippen LogP) is 0.863. The van der Waals surface area contributed by atoms with Gasteiger partial charge >= 0.3 is 0 Å². The van der Waals surface area contributed by atoms with Crippen LogP contribution in [0.5, 0.6) is 0 Å². The van der Waals surface area contributed by atoms with Crippen molar-refractivity contribution in [1.82, 2.24) is 15.5 Å². The standard InChI is InChI=1S/C11H19N3O2/c1-3-5-9-6-10(14-13-9)11(16)12-8(4-2)7-15/h6,8,15H,3-5,7H2,1-2H3,(H,12,16)(H,13,14). The Morgan fingerprint density at radius 1 is 1.62 bits per heavy atom. The van der Waals surface area contributed by atoms with E-state index in [-0.39, 0.29) is 18.6 Å². The van der Waals surface area contributed by atoms with Gasteiger partial charge in [0, 0.05) is 5.69 Å². The number of aromatic nitrogens is 2. The number of nitrogens with zero attached hydrogens (tertiary/aromatic N) is 1. The van der Waals surface area contributed by atoms with Gasteiger partial charge in [-0.3, -0.25) is 9.89 Å². The summed E-state index contributed by atoms with van der Waals surface area (Å²) in [6.45, 7) is 3.93. The van der Waals surface area contributed by atoms with E-state index >= 15 is 0 Å². The minimum atomic E-state index is -0.237. The molecular formula is C11H19N3O2. The SMILES string of the molecule is CCCc1cc(C(=O)NC(CC)CO)n[nH]1. The molecule has 0 saturated carbocycles. The lowest BCUT2D eigenvalue weighted by atomic mass is 10.2. The van der Waals surface area contributed by atoms with Crippen molar-refractivity contribution in [2.24, 2.45) is 0 Å². The average Bonchev–Trinajstić information content (AvgIpc) is 2.74. The summed E-state index contributed by atoms with van der Waals surface area (Å²) in [4.78, 5) is 11.7. The highest BCUT2D eigenvalue weighted by Crippen LogP contribution is 2.03. The fraction of sp³-hybridized carbons (Fsp3) is 0.636. The van der Waals surface area contributed by atoms with Crippen molar-refractivity contribution < 1.29 is 9.90 Å². The summed E-state index contributed by atoms with van der Waals surface area (Å²) in [6, 6.07) is 1.56. The van der Waals surface area contributed by atoms with Crippen LogP contribution in [0.4, 0.5) is 0 Å². The van der Waals surface area contributed by atoms with Crippen LogP contribution in [0, 0.1) is 0 Å². The van der Waals surface area contributed by atoms with Gasteiger partial charge in [-0.2, -0.15) is 5.10 Å². The Balaban J connectivity index is 2.58. The second-order valence-corrected chi connectivity index (χ2v) is 3.79. The Bertz CT molecular complexity index is 332. The van der Waals surface area contributed by atoms with E-state index in [4.69, 9.17) is 5.11 Å². The number of hydrogen-bond acceptors (Lipinski definition) is 3. The Morgan fingerprint density at radius 2 is 2.38 bits per heavy atom. The number of hydrogen-bond donors (Lipinski definition) is 3. The van der Waals surface area contributed by atoms with E-state index in [1.807, 2.05) is 6.92 Å². The fourth-order valence-electron chi connectivity index (χ4n) is 1.41. The molecule has 1 aromatic rings. The van der Waals surface area contributed by atoms with Crippen LogP contribution in [-0.2, 0) is 6.42 Å². The molecule has 1 amide bonds. The molecule has 1 atom stereocenters. The average molecular weight is 225 g/mol. The number of aliphatic hydroxyl groups is 1. The first-order chi connectivity index (χ1) is 7.71. The van der Waals surface area contributed by atoms with E-state index in [0.717, 1.165) is 18.5 Å². The van der Waals surface area contributed by atoms with Crippen molar-refractivity contribution >= 4 is 5.91 Å². The summed E-state index contributed by atoms with van der Waals surface area (Å²) in [5.74, 6) is -0.237. The molecule has 0 saturated heterocycles. The number of aromatic amines is 1. The molecule has 0 spiro atoms. The summed E-state index contributed by atoms with van der Waals surface area (Å²) < 4.78 is 0. The number of carbonyl (C=O) groups is 1. The van der Waals surface area contributed by atoms with Gasteiger partial charge in [-0.1, -0.05) is 20.3 Å². The smallest absolute Gasteiger partial charge is 0.272 e. The monoisotopic (exact) mass is 225 g/mol. The maximum Gasteiger partial charge on any atom is 0.272 e. The van der Waals surface area contributed by atoms with Gasteiger partial charge in [0.1, 0.15) is 5.69 Å². The van der Waals surface area contributed by atoms with Crippen LogP contribution in [0.25, 0.3) is 0 Å². The number of nitrogens with one attached hydrogen (secondary N) is 2. The van der Waals surface area contributed by atoms with Crippen molar-refractivity contribution in [2.75, 3.05) is 6.61 Å². The zero-order valence-electron chi connectivity index (χ0n) is 9.79. The summed E-state index contributed by atoms with van der Waals surface area (Å²) in [6.07, 6.45) is 2.60. The Hall–Kier alpha value is -1.36. The Morgan fingerprint density at radius 3 is 2.94 bits per heavy atom. The van der Waals surface area contributed by atoms with Crippen LogP contribution in [0.2, 0.25) is 0 Å². The number of aryl methyl sites for hydroxylation is 1. The second-order valence-electron chi connectivity index (χ2n) is 3.79. The molecule has 16 heavy (non-hydrogen) atoms. The van der Waals surface area contributed by atoms with Crippen LogP contribution in [0.15, 0.2) is 6.07 Å². The minimum Gasteiger partial charge on any atom is -0.394 e. The summed E-state index contributed by atoms with van der Waals surface area (Å²) in [7, 11) is 0. The van der Waals surface area contributed by atoms with Crippen LogP contribution < -0.4 is 5.32 Å². The third-order valence-corrected chi connectivity index (χ3v) is 2.43. The number of carbonyl (C=O) groups excluding carboxylic acids is 1. The molecule has 0 fully saturated rings. The van der Waals surface area contributed by atoms with Crippen LogP contribution >= 0.6 is 0 Å². The summed E-state index contributed by atoms with van der Waals surface area (Å²) >= 11 is 0. The lowest BCUT2D eigenvalue weighted by Gasteiger charge is -2.12. The van der Waals surface area contributed by atoms with Gasteiger partial charge in [-0.15, -0.1) is 0 Å². The first-order valence-corrected chi connectivity index (χ1v) is 5.67. The van der Waals surface area contributed by atoms with Crippen LogP contribution in [0.3, 0.4) is 0 Å². The lowest BCUT2D eigenvalue weighted by molar-refractivity contribution is 0.0910. The van der Waals surface area contributed by atoms with Crippen molar-refractivity contribution in [3.05, 3.63) is 17.5 Å². The van der Waals surface area contributed by atoms with Gasteiger partial charge < -0.3 is 10.4 Å². The van der Waals surface area contributed by atoms with Gasteiger partial charge in [0.05, 0.1) is 12.6 Å². The van der Waals surface area contributed by atoms with Gasteiger partial charge in [0.25, 0.3) is 5.91 Å². The zero-order valence-corrected chi connectivity index (χ0v) is 9.79. The fourth-order valence-corrected chi connectivity index (χ4v) is 1.41. The molecule has 1 heterocycles. The molecule has 0 aromatic carbocycles. The molecular weight excluding hydrogens is 206 g/mol. The molecule has 90 valence electrons. The topological polar surface area (TPSA) is 78.0 Å². The highest BCUT2D eigenvalue weighted by atomic mass is 16.3. The van der Waals surface area contributed by atoms with Gasteiger partial charge in [-0.05, 0) is 18.9 Å². The maximum atomic E-state index is 11.7. The first kappa shape index (κ1) is 12.7. The molecule has 0 aliphatic carbocycles. The number of amides is 1. The van der Waals surface area contributed by atoms with E-state index < -0.39 is 0 Å².